The second-order valence-corrected chi connectivity index (χ2v) is 3.20. The van der Waals surface area contributed by atoms with E-state index < -0.39 is 5.82 Å². The van der Waals surface area contributed by atoms with Crippen LogP contribution in [0.15, 0.2) is 30.9 Å². The van der Waals surface area contributed by atoms with Crippen molar-refractivity contribution in [2.45, 2.75) is 13.0 Å². The molecule has 1 N–H and O–H groups in total. The zero-order valence-electron chi connectivity index (χ0n) is 7.35. The monoisotopic (exact) mass is 199 g/mol. The quantitative estimate of drug-likeness (QED) is 0.736. The van der Waals surface area contributed by atoms with Gasteiger partial charge in [-0.05, 0) is 25.1 Å². The number of hydrogen-bond acceptors (Lipinski definition) is 1. The van der Waals surface area contributed by atoms with Crippen LogP contribution in [0, 0.1) is 5.82 Å². The highest BCUT2D eigenvalue weighted by atomic mass is 35.5. The molecule has 1 aromatic carbocycles. The molecule has 70 valence electrons. The predicted octanol–water partition coefficient (Wildman–Crippen LogP) is 3.47. The molecule has 0 amide bonds. The number of benzene rings is 1. The second-order valence-electron chi connectivity index (χ2n) is 2.80. The molecule has 0 aliphatic carbocycles. The number of nitrogens with one attached hydrogen (secondary N) is 1. The Balaban J connectivity index is 2.79. The average molecular weight is 200 g/mol. The highest BCUT2D eigenvalue weighted by molar-refractivity contribution is 6.30. The molecule has 1 unspecified atom stereocenters. The maximum Gasteiger partial charge on any atom is 0.143 e. The number of rotatable bonds is 3. The molecule has 1 nitrogen and oxygen atoms in total. The van der Waals surface area contributed by atoms with Crippen molar-refractivity contribution in [1.29, 1.82) is 0 Å². The molecular formula is C10H11ClFN. The van der Waals surface area contributed by atoms with Crippen LogP contribution in [0.1, 0.15) is 6.92 Å². The van der Waals surface area contributed by atoms with Crippen LogP contribution in [0.4, 0.5) is 10.1 Å². The van der Waals surface area contributed by atoms with Crippen molar-refractivity contribution in [2.75, 3.05) is 5.32 Å². The van der Waals surface area contributed by atoms with Gasteiger partial charge in [0, 0.05) is 11.7 Å². The fraction of sp³-hybridized carbons (Fsp3) is 0.200. The van der Waals surface area contributed by atoms with Crippen molar-refractivity contribution in [3.8, 4) is 0 Å². The summed E-state index contributed by atoms with van der Waals surface area (Å²) in [6.45, 7) is 5.54. The van der Waals surface area contributed by atoms with E-state index >= 15 is 0 Å². The summed E-state index contributed by atoms with van der Waals surface area (Å²) in [4.78, 5) is 0. The lowest BCUT2D eigenvalue weighted by Gasteiger charge is -2.10. The van der Waals surface area contributed by atoms with Gasteiger partial charge in [-0.25, -0.2) is 4.39 Å². The van der Waals surface area contributed by atoms with Crippen LogP contribution >= 0.6 is 11.6 Å². The van der Waals surface area contributed by atoms with E-state index in [1.165, 1.54) is 12.1 Å². The SMILES string of the molecule is C=CC(C)Nc1ccc(Cl)c(F)c1. The third-order valence-electron chi connectivity index (χ3n) is 1.67. The van der Waals surface area contributed by atoms with Gasteiger partial charge in [0.1, 0.15) is 5.82 Å². The zero-order chi connectivity index (χ0) is 9.84. The summed E-state index contributed by atoms with van der Waals surface area (Å²) < 4.78 is 12.9. The molecule has 0 aliphatic rings. The Morgan fingerprint density at radius 2 is 2.31 bits per heavy atom. The molecule has 1 rings (SSSR count). The van der Waals surface area contributed by atoms with Crippen LogP contribution in [0.25, 0.3) is 0 Å². The van der Waals surface area contributed by atoms with Crippen LogP contribution in [0.3, 0.4) is 0 Å². The van der Waals surface area contributed by atoms with E-state index in [0.29, 0.717) is 5.69 Å². The summed E-state index contributed by atoms with van der Waals surface area (Å²) in [5, 5.41) is 3.18. The Labute approximate surface area is 82.2 Å². The molecular weight excluding hydrogens is 189 g/mol. The molecule has 0 saturated carbocycles. The van der Waals surface area contributed by atoms with Gasteiger partial charge in [0.15, 0.2) is 0 Å². The largest absolute Gasteiger partial charge is 0.379 e. The zero-order valence-corrected chi connectivity index (χ0v) is 8.11. The molecule has 1 atom stereocenters. The van der Waals surface area contributed by atoms with E-state index in [-0.39, 0.29) is 11.1 Å². The molecule has 0 aliphatic heterocycles. The van der Waals surface area contributed by atoms with Crippen molar-refractivity contribution >= 4 is 17.3 Å². The first-order valence-electron chi connectivity index (χ1n) is 3.97. The molecule has 3 heteroatoms. The Bertz CT molecular complexity index is 312. The first-order valence-corrected chi connectivity index (χ1v) is 4.35. The summed E-state index contributed by atoms with van der Waals surface area (Å²) in [5.74, 6) is -0.414. The van der Waals surface area contributed by atoms with Gasteiger partial charge in [-0.2, -0.15) is 0 Å². The van der Waals surface area contributed by atoms with Gasteiger partial charge in [0.05, 0.1) is 5.02 Å². The molecule has 0 fully saturated rings. The molecule has 0 aromatic heterocycles. The standard InChI is InChI=1S/C10H11ClFN/c1-3-7(2)13-8-4-5-9(11)10(12)6-8/h3-7,13H,1H2,2H3. The highest BCUT2D eigenvalue weighted by Crippen LogP contribution is 2.19. The molecule has 1 aromatic rings. The minimum Gasteiger partial charge on any atom is -0.379 e. The normalized spacial score (nSPS) is 12.2. The van der Waals surface area contributed by atoms with Crippen molar-refractivity contribution in [2.24, 2.45) is 0 Å². The summed E-state index contributed by atoms with van der Waals surface area (Å²) in [5.41, 5.74) is 0.703. The lowest BCUT2D eigenvalue weighted by Crippen LogP contribution is -2.11. The Morgan fingerprint density at radius 3 is 2.85 bits per heavy atom. The van der Waals surface area contributed by atoms with Gasteiger partial charge in [-0.1, -0.05) is 17.7 Å². The second kappa shape index (κ2) is 4.28. The van der Waals surface area contributed by atoms with E-state index in [1.807, 2.05) is 6.92 Å². The van der Waals surface area contributed by atoms with Crippen molar-refractivity contribution < 1.29 is 4.39 Å². The maximum atomic E-state index is 12.9. The topological polar surface area (TPSA) is 12.0 Å². The van der Waals surface area contributed by atoms with Crippen LogP contribution in [-0.2, 0) is 0 Å². The Hall–Kier alpha value is -1.02. The maximum absolute atomic E-state index is 12.9. The molecule has 13 heavy (non-hydrogen) atoms. The van der Waals surface area contributed by atoms with Gasteiger partial charge in [-0.3, -0.25) is 0 Å². The Kier molecular flexibility index (Phi) is 3.32. The number of anilines is 1. The van der Waals surface area contributed by atoms with Gasteiger partial charge in [-0.15, -0.1) is 6.58 Å². The summed E-state index contributed by atoms with van der Waals surface area (Å²) in [6, 6.07) is 4.73. The van der Waals surface area contributed by atoms with Gasteiger partial charge < -0.3 is 5.32 Å². The lowest BCUT2D eigenvalue weighted by atomic mass is 10.2. The molecule has 0 bridgehead atoms. The molecule has 0 saturated heterocycles. The molecule has 0 radical (unpaired) electrons. The third-order valence-corrected chi connectivity index (χ3v) is 1.97. The van der Waals surface area contributed by atoms with Crippen LogP contribution in [-0.4, -0.2) is 6.04 Å². The Morgan fingerprint density at radius 1 is 1.62 bits per heavy atom. The summed E-state index contributed by atoms with van der Waals surface area (Å²) >= 11 is 5.53. The molecule has 0 heterocycles. The smallest absolute Gasteiger partial charge is 0.143 e. The summed E-state index contributed by atoms with van der Waals surface area (Å²) in [7, 11) is 0. The highest BCUT2D eigenvalue weighted by Gasteiger charge is 2.01. The first kappa shape index (κ1) is 10.1. The minimum absolute atomic E-state index is 0.112. The van der Waals surface area contributed by atoms with Crippen LogP contribution < -0.4 is 5.32 Å². The van der Waals surface area contributed by atoms with Gasteiger partial charge in [0.2, 0.25) is 0 Å². The van der Waals surface area contributed by atoms with Gasteiger partial charge in [0.25, 0.3) is 0 Å². The van der Waals surface area contributed by atoms with E-state index in [9.17, 15) is 4.39 Å². The fourth-order valence-electron chi connectivity index (χ4n) is 0.908. The third kappa shape index (κ3) is 2.74. The fourth-order valence-corrected chi connectivity index (χ4v) is 1.03. The van der Waals surface area contributed by atoms with E-state index in [4.69, 9.17) is 11.6 Å². The van der Waals surface area contributed by atoms with Gasteiger partial charge >= 0.3 is 0 Å². The lowest BCUT2D eigenvalue weighted by molar-refractivity contribution is 0.628. The first-order chi connectivity index (χ1) is 6.13. The van der Waals surface area contributed by atoms with E-state index in [0.717, 1.165) is 0 Å². The predicted molar refractivity (Wildman–Crippen MR) is 54.7 cm³/mol. The van der Waals surface area contributed by atoms with Crippen molar-refractivity contribution in [3.05, 3.63) is 41.7 Å². The van der Waals surface area contributed by atoms with E-state index in [1.54, 1.807) is 12.1 Å². The van der Waals surface area contributed by atoms with Crippen molar-refractivity contribution in [3.63, 3.8) is 0 Å². The molecule has 0 spiro atoms. The average Bonchev–Trinajstić information content (AvgIpc) is 2.11. The minimum atomic E-state index is -0.414. The number of halogens is 2. The van der Waals surface area contributed by atoms with Crippen molar-refractivity contribution in [1.82, 2.24) is 0 Å². The van der Waals surface area contributed by atoms with Crippen LogP contribution in [0.5, 0.6) is 0 Å². The number of hydrogen-bond donors (Lipinski definition) is 1. The van der Waals surface area contributed by atoms with Crippen LogP contribution in [0.2, 0.25) is 5.02 Å². The summed E-state index contributed by atoms with van der Waals surface area (Å²) in [6.07, 6.45) is 1.74. The van der Waals surface area contributed by atoms with E-state index in [2.05, 4.69) is 11.9 Å².